The molecule has 0 saturated heterocycles. The van der Waals surface area contributed by atoms with Crippen LogP contribution in [0.5, 0.6) is 0 Å². The molecule has 1 nitrogen and oxygen atoms in total. The first-order valence-corrected chi connectivity index (χ1v) is 4.92. The molecule has 2 N–H and O–H groups in total. The van der Waals surface area contributed by atoms with E-state index >= 15 is 0 Å². The lowest BCUT2D eigenvalue weighted by Gasteiger charge is -2.18. The molecule has 0 aromatic heterocycles. The van der Waals surface area contributed by atoms with E-state index in [-0.39, 0.29) is 0 Å². The molecule has 1 fully saturated rings. The van der Waals surface area contributed by atoms with E-state index in [1.54, 1.807) is 0 Å². The Balaban J connectivity index is 2.23. The van der Waals surface area contributed by atoms with Crippen molar-refractivity contribution >= 4 is 0 Å². The van der Waals surface area contributed by atoms with Gasteiger partial charge in [-0.2, -0.15) is 0 Å². The first kappa shape index (κ1) is 9.05. The molecule has 1 saturated carbocycles. The maximum atomic E-state index is 6.10. The Labute approximate surface area is 70.4 Å². The van der Waals surface area contributed by atoms with E-state index in [4.69, 9.17) is 5.73 Å². The summed E-state index contributed by atoms with van der Waals surface area (Å²) < 4.78 is 0. The van der Waals surface area contributed by atoms with E-state index < -0.39 is 0 Å². The van der Waals surface area contributed by atoms with Crippen molar-refractivity contribution in [1.82, 2.24) is 0 Å². The minimum atomic E-state index is 0.477. The smallest absolute Gasteiger partial charge is 0.00956 e. The summed E-state index contributed by atoms with van der Waals surface area (Å²) in [5.74, 6) is 2.48. The second-order valence-electron chi connectivity index (χ2n) is 4.22. The highest BCUT2D eigenvalue weighted by Crippen LogP contribution is 2.42. The molecular formula is C10H21N. The topological polar surface area (TPSA) is 26.0 Å². The van der Waals surface area contributed by atoms with Gasteiger partial charge in [0.25, 0.3) is 0 Å². The van der Waals surface area contributed by atoms with E-state index in [2.05, 4.69) is 20.8 Å². The van der Waals surface area contributed by atoms with Crippen LogP contribution >= 0.6 is 0 Å². The summed E-state index contributed by atoms with van der Waals surface area (Å²) in [7, 11) is 0. The summed E-state index contributed by atoms with van der Waals surface area (Å²) >= 11 is 0. The van der Waals surface area contributed by atoms with Crippen molar-refractivity contribution < 1.29 is 0 Å². The Morgan fingerprint density at radius 2 is 2.09 bits per heavy atom. The first-order valence-electron chi connectivity index (χ1n) is 4.92. The molecule has 4 unspecified atom stereocenters. The summed E-state index contributed by atoms with van der Waals surface area (Å²) in [6.45, 7) is 6.84. The zero-order valence-corrected chi connectivity index (χ0v) is 8.01. The summed E-state index contributed by atoms with van der Waals surface area (Å²) in [6.07, 6.45) is 3.94. The van der Waals surface area contributed by atoms with E-state index in [1.807, 2.05) is 0 Å². The SMILES string of the molecule is CCCC(C)C(N)C1CC1C. The van der Waals surface area contributed by atoms with E-state index in [9.17, 15) is 0 Å². The van der Waals surface area contributed by atoms with Gasteiger partial charge in [-0.1, -0.05) is 27.2 Å². The second-order valence-corrected chi connectivity index (χ2v) is 4.22. The van der Waals surface area contributed by atoms with Gasteiger partial charge in [-0.05, 0) is 30.6 Å². The third-order valence-electron chi connectivity index (χ3n) is 3.07. The average Bonchev–Trinajstić information content (AvgIpc) is 2.66. The fourth-order valence-electron chi connectivity index (χ4n) is 1.96. The highest BCUT2D eigenvalue weighted by Gasteiger charge is 2.39. The first-order chi connectivity index (χ1) is 5.16. The second kappa shape index (κ2) is 3.57. The summed E-state index contributed by atoms with van der Waals surface area (Å²) in [4.78, 5) is 0. The van der Waals surface area contributed by atoms with Crippen molar-refractivity contribution in [1.29, 1.82) is 0 Å². The Bertz CT molecular complexity index is 122. The van der Waals surface area contributed by atoms with E-state index in [0.29, 0.717) is 6.04 Å². The molecule has 1 aliphatic rings. The van der Waals surface area contributed by atoms with E-state index in [0.717, 1.165) is 17.8 Å². The van der Waals surface area contributed by atoms with Crippen LogP contribution in [0, 0.1) is 17.8 Å². The molecule has 0 aromatic carbocycles. The van der Waals surface area contributed by atoms with Crippen LogP contribution in [-0.4, -0.2) is 6.04 Å². The summed E-state index contributed by atoms with van der Waals surface area (Å²) in [5, 5.41) is 0. The van der Waals surface area contributed by atoms with Gasteiger partial charge in [0.15, 0.2) is 0 Å². The molecular weight excluding hydrogens is 134 g/mol. The van der Waals surface area contributed by atoms with Crippen LogP contribution in [0.2, 0.25) is 0 Å². The summed E-state index contributed by atoms with van der Waals surface area (Å²) in [6, 6.07) is 0.477. The monoisotopic (exact) mass is 155 g/mol. The third-order valence-corrected chi connectivity index (χ3v) is 3.07. The lowest BCUT2D eigenvalue weighted by Crippen LogP contribution is -2.30. The molecule has 1 heteroatoms. The van der Waals surface area contributed by atoms with Crippen LogP contribution < -0.4 is 5.73 Å². The minimum absolute atomic E-state index is 0.477. The van der Waals surface area contributed by atoms with Crippen LogP contribution in [0.3, 0.4) is 0 Å². The van der Waals surface area contributed by atoms with Crippen molar-refractivity contribution in [2.24, 2.45) is 23.5 Å². The average molecular weight is 155 g/mol. The maximum absolute atomic E-state index is 6.10. The van der Waals surface area contributed by atoms with Gasteiger partial charge in [0, 0.05) is 6.04 Å². The predicted molar refractivity (Wildman–Crippen MR) is 49.3 cm³/mol. The molecule has 1 aliphatic carbocycles. The molecule has 0 spiro atoms. The maximum Gasteiger partial charge on any atom is 0.00956 e. The third kappa shape index (κ3) is 2.19. The van der Waals surface area contributed by atoms with Gasteiger partial charge >= 0.3 is 0 Å². The minimum Gasteiger partial charge on any atom is -0.327 e. The Kier molecular flexibility index (Phi) is 2.94. The van der Waals surface area contributed by atoms with Gasteiger partial charge in [0.1, 0.15) is 0 Å². The van der Waals surface area contributed by atoms with Crippen molar-refractivity contribution in [2.45, 2.75) is 46.1 Å². The number of rotatable bonds is 4. The van der Waals surface area contributed by atoms with Gasteiger partial charge in [-0.3, -0.25) is 0 Å². The quantitative estimate of drug-likeness (QED) is 0.663. The van der Waals surface area contributed by atoms with Gasteiger partial charge in [-0.25, -0.2) is 0 Å². The normalized spacial score (nSPS) is 34.9. The lowest BCUT2D eigenvalue weighted by atomic mass is 9.93. The molecule has 0 aromatic rings. The Morgan fingerprint density at radius 1 is 1.55 bits per heavy atom. The van der Waals surface area contributed by atoms with Crippen molar-refractivity contribution in [3.05, 3.63) is 0 Å². The highest BCUT2D eigenvalue weighted by atomic mass is 14.7. The molecule has 0 bridgehead atoms. The molecule has 1 rings (SSSR count). The molecule has 0 aliphatic heterocycles. The predicted octanol–water partition coefficient (Wildman–Crippen LogP) is 2.41. The number of hydrogen-bond donors (Lipinski definition) is 1. The van der Waals surface area contributed by atoms with Crippen LogP contribution in [0.1, 0.15) is 40.0 Å². The molecule has 0 radical (unpaired) electrons. The largest absolute Gasteiger partial charge is 0.327 e. The van der Waals surface area contributed by atoms with Gasteiger partial charge in [-0.15, -0.1) is 0 Å². The number of hydrogen-bond acceptors (Lipinski definition) is 1. The van der Waals surface area contributed by atoms with Gasteiger partial charge in [0.2, 0.25) is 0 Å². The Morgan fingerprint density at radius 3 is 2.45 bits per heavy atom. The molecule has 4 atom stereocenters. The van der Waals surface area contributed by atoms with Crippen LogP contribution in [0.4, 0.5) is 0 Å². The highest BCUT2D eigenvalue weighted by molar-refractivity contribution is 4.92. The Hall–Kier alpha value is -0.0400. The molecule has 11 heavy (non-hydrogen) atoms. The van der Waals surface area contributed by atoms with Crippen molar-refractivity contribution in [3.63, 3.8) is 0 Å². The molecule has 0 heterocycles. The van der Waals surface area contributed by atoms with Gasteiger partial charge < -0.3 is 5.73 Å². The number of nitrogens with two attached hydrogens (primary N) is 1. The molecule has 66 valence electrons. The van der Waals surface area contributed by atoms with Gasteiger partial charge in [0.05, 0.1) is 0 Å². The fraction of sp³-hybridized carbons (Fsp3) is 1.00. The van der Waals surface area contributed by atoms with E-state index in [1.165, 1.54) is 19.3 Å². The standard InChI is InChI=1S/C10H21N/c1-4-5-7(2)10(11)9-6-8(9)3/h7-10H,4-6,11H2,1-3H3. The lowest BCUT2D eigenvalue weighted by molar-refractivity contribution is 0.377. The zero-order valence-electron chi connectivity index (χ0n) is 8.01. The molecule has 0 amide bonds. The van der Waals surface area contributed by atoms with Crippen molar-refractivity contribution in [2.75, 3.05) is 0 Å². The van der Waals surface area contributed by atoms with Crippen LogP contribution in [-0.2, 0) is 0 Å². The fourth-order valence-corrected chi connectivity index (χ4v) is 1.96. The van der Waals surface area contributed by atoms with Crippen LogP contribution in [0.25, 0.3) is 0 Å². The summed E-state index contributed by atoms with van der Waals surface area (Å²) in [5.41, 5.74) is 6.10. The van der Waals surface area contributed by atoms with Crippen LogP contribution in [0.15, 0.2) is 0 Å². The van der Waals surface area contributed by atoms with Crippen molar-refractivity contribution in [3.8, 4) is 0 Å². The zero-order chi connectivity index (χ0) is 8.43.